The summed E-state index contributed by atoms with van der Waals surface area (Å²) < 4.78 is 68.3. The van der Waals surface area contributed by atoms with Crippen LogP contribution in [0.4, 0.5) is 13.2 Å². The molecule has 1 aromatic heterocycles. The van der Waals surface area contributed by atoms with E-state index in [-0.39, 0.29) is 17.8 Å². The zero-order valence-electron chi connectivity index (χ0n) is 16.0. The van der Waals surface area contributed by atoms with Crippen LogP contribution in [0.15, 0.2) is 42.6 Å². The van der Waals surface area contributed by atoms with E-state index >= 15 is 0 Å². The third kappa shape index (κ3) is 5.92. The third-order valence-electron chi connectivity index (χ3n) is 4.55. The lowest BCUT2D eigenvalue weighted by molar-refractivity contribution is -0.137. The number of hydrogen-bond acceptors (Lipinski definition) is 5. The maximum atomic E-state index is 12.6. The second-order valence-corrected chi connectivity index (χ2v) is 8.75. The van der Waals surface area contributed by atoms with E-state index in [0.29, 0.717) is 43.4 Å². The van der Waals surface area contributed by atoms with Crippen LogP contribution in [-0.2, 0) is 16.2 Å². The molecule has 0 radical (unpaired) electrons. The number of piperidine rings is 1. The van der Waals surface area contributed by atoms with Crippen LogP contribution in [0.5, 0.6) is 11.6 Å². The lowest BCUT2D eigenvalue weighted by Gasteiger charge is -2.32. The first-order chi connectivity index (χ1) is 14.0. The molecule has 7 nitrogen and oxygen atoms in total. The summed E-state index contributed by atoms with van der Waals surface area (Å²) in [5.74, 6) is 0.143. The van der Waals surface area contributed by atoms with Crippen molar-refractivity contribution >= 4 is 15.9 Å². The number of rotatable bonds is 5. The zero-order chi connectivity index (χ0) is 21.9. The SMILES string of the molecule is CS(=O)(=O)NC1CCN(C(=O)c2ccc(Oc3ccc(C(F)(F)F)cn3)cc2)CC1. The van der Waals surface area contributed by atoms with E-state index in [2.05, 4.69) is 9.71 Å². The monoisotopic (exact) mass is 443 g/mol. The molecule has 11 heteroatoms. The van der Waals surface area contributed by atoms with Crippen LogP contribution in [-0.4, -0.2) is 49.6 Å². The summed E-state index contributed by atoms with van der Waals surface area (Å²) in [7, 11) is -3.28. The number of carbonyl (C=O) groups excluding carboxylic acids is 1. The lowest BCUT2D eigenvalue weighted by atomic mass is 10.0. The Bertz CT molecular complexity index is 985. The predicted molar refractivity (Wildman–Crippen MR) is 103 cm³/mol. The second kappa shape index (κ2) is 8.60. The standard InChI is InChI=1S/C19H20F3N3O4S/c1-30(27,28)24-15-8-10-25(11-9-15)18(26)13-2-5-16(6-3-13)29-17-7-4-14(12-23-17)19(20,21)22/h2-7,12,15,24H,8-11H2,1H3. The molecule has 3 rings (SSSR count). The molecule has 2 aromatic rings. The molecule has 1 N–H and O–H groups in total. The van der Waals surface area contributed by atoms with Crippen LogP contribution < -0.4 is 9.46 Å². The number of sulfonamides is 1. The first-order valence-electron chi connectivity index (χ1n) is 9.09. The number of halogens is 3. The number of likely N-dealkylation sites (tertiary alicyclic amines) is 1. The summed E-state index contributed by atoms with van der Waals surface area (Å²) in [4.78, 5) is 17.9. The Balaban J connectivity index is 1.57. The van der Waals surface area contributed by atoms with Gasteiger partial charge in [0.2, 0.25) is 15.9 Å². The average Bonchev–Trinajstić information content (AvgIpc) is 2.67. The van der Waals surface area contributed by atoms with Crippen molar-refractivity contribution in [1.82, 2.24) is 14.6 Å². The third-order valence-corrected chi connectivity index (χ3v) is 5.31. The Hall–Kier alpha value is -2.66. The number of ether oxygens (including phenoxy) is 1. The molecule has 1 saturated heterocycles. The van der Waals surface area contributed by atoms with Crippen LogP contribution in [0.1, 0.15) is 28.8 Å². The van der Waals surface area contributed by atoms with E-state index in [0.717, 1.165) is 18.4 Å². The molecule has 0 atom stereocenters. The largest absolute Gasteiger partial charge is 0.439 e. The van der Waals surface area contributed by atoms with Gasteiger partial charge in [0.25, 0.3) is 5.91 Å². The van der Waals surface area contributed by atoms with E-state index in [9.17, 15) is 26.4 Å². The molecule has 0 aliphatic carbocycles. The number of nitrogens with one attached hydrogen (secondary N) is 1. The fourth-order valence-corrected chi connectivity index (χ4v) is 3.92. The van der Waals surface area contributed by atoms with Crippen molar-refractivity contribution in [2.75, 3.05) is 19.3 Å². The Morgan fingerprint density at radius 2 is 1.77 bits per heavy atom. The van der Waals surface area contributed by atoms with Gasteiger partial charge in [0, 0.05) is 37.0 Å². The highest BCUT2D eigenvalue weighted by molar-refractivity contribution is 7.88. The van der Waals surface area contributed by atoms with Crippen molar-refractivity contribution in [3.05, 3.63) is 53.7 Å². The van der Waals surface area contributed by atoms with Gasteiger partial charge in [0.15, 0.2) is 0 Å². The molecule has 0 spiro atoms. The number of pyridine rings is 1. The lowest BCUT2D eigenvalue weighted by Crippen LogP contribution is -2.46. The first kappa shape index (κ1) is 22.0. The van der Waals surface area contributed by atoms with E-state index < -0.39 is 21.8 Å². The van der Waals surface area contributed by atoms with Gasteiger partial charge < -0.3 is 9.64 Å². The summed E-state index contributed by atoms with van der Waals surface area (Å²) >= 11 is 0. The first-order valence-corrected chi connectivity index (χ1v) is 11.0. The Morgan fingerprint density at radius 3 is 2.27 bits per heavy atom. The summed E-state index contributed by atoms with van der Waals surface area (Å²) in [6, 6.07) is 8.00. The van der Waals surface area contributed by atoms with Crippen molar-refractivity contribution in [1.29, 1.82) is 0 Å². The Labute approximate surface area is 171 Å². The van der Waals surface area contributed by atoms with Crippen LogP contribution >= 0.6 is 0 Å². The molecule has 1 aromatic carbocycles. The van der Waals surface area contributed by atoms with Crippen molar-refractivity contribution < 1.29 is 31.1 Å². The highest BCUT2D eigenvalue weighted by atomic mass is 32.2. The van der Waals surface area contributed by atoms with Gasteiger partial charge in [0.1, 0.15) is 5.75 Å². The molecular formula is C19H20F3N3O4S. The smallest absolute Gasteiger partial charge is 0.417 e. The van der Waals surface area contributed by atoms with Gasteiger partial charge in [-0.1, -0.05) is 0 Å². The van der Waals surface area contributed by atoms with Gasteiger partial charge in [-0.15, -0.1) is 0 Å². The van der Waals surface area contributed by atoms with Crippen molar-refractivity contribution in [3.63, 3.8) is 0 Å². The molecule has 1 aliphatic heterocycles. The molecule has 0 unspecified atom stereocenters. The van der Waals surface area contributed by atoms with Gasteiger partial charge in [-0.2, -0.15) is 13.2 Å². The number of alkyl halides is 3. The van der Waals surface area contributed by atoms with Crippen molar-refractivity contribution in [2.45, 2.75) is 25.1 Å². The maximum absolute atomic E-state index is 12.6. The number of carbonyl (C=O) groups is 1. The summed E-state index contributed by atoms with van der Waals surface area (Å²) in [6.45, 7) is 0.861. The number of benzene rings is 1. The molecule has 1 fully saturated rings. The van der Waals surface area contributed by atoms with E-state index in [1.54, 1.807) is 17.0 Å². The normalized spacial score (nSPS) is 15.8. The number of aromatic nitrogens is 1. The fourth-order valence-electron chi connectivity index (χ4n) is 3.08. The minimum absolute atomic E-state index is 0.00234. The van der Waals surface area contributed by atoms with Crippen LogP contribution in [0, 0.1) is 0 Å². The van der Waals surface area contributed by atoms with Gasteiger partial charge in [-0.3, -0.25) is 4.79 Å². The summed E-state index contributed by atoms with van der Waals surface area (Å²) in [5.41, 5.74) is -0.441. The van der Waals surface area contributed by atoms with Crippen LogP contribution in [0.2, 0.25) is 0 Å². The van der Waals surface area contributed by atoms with Gasteiger partial charge in [0.05, 0.1) is 11.8 Å². The molecule has 0 saturated carbocycles. The number of nitrogens with zero attached hydrogens (tertiary/aromatic N) is 2. The second-order valence-electron chi connectivity index (χ2n) is 6.97. The maximum Gasteiger partial charge on any atom is 0.417 e. The topological polar surface area (TPSA) is 88.6 Å². The van der Waals surface area contributed by atoms with Crippen LogP contribution in [0.25, 0.3) is 0 Å². The highest BCUT2D eigenvalue weighted by Gasteiger charge is 2.30. The summed E-state index contributed by atoms with van der Waals surface area (Å²) in [5, 5.41) is 0. The molecule has 30 heavy (non-hydrogen) atoms. The highest BCUT2D eigenvalue weighted by Crippen LogP contribution is 2.30. The van der Waals surface area contributed by atoms with Crippen LogP contribution in [0.3, 0.4) is 0 Å². The number of amides is 1. The fraction of sp³-hybridized carbons (Fsp3) is 0.368. The van der Waals surface area contributed by atoms with Gasteiger partial charge >= 0.3 is 6.18 Å². The van der Waals surface area contributed by atoms with E-state index in [1.165, 1.54) is 12.1 Å². The van der Waals surface area contributed by atoms with E-state index in [4.69, 9.17) is 4.74 Å². The van der Waals surface area contributed by atoms with Gasteiger partial charge in [-0.25, -0.2) is 18.1 Å². The quantitative estimate of drug-likeness (QED) is 0.768. The van der Waals surface area contributed by atoms with Gasteiger partial charge in [-0.05, 0) is 43.2 Å². The van der Waals surface area contributed by atoms with Crippen molar-refractivity contribution in [3.8, 4) is 11.6 Å². The Kier molecular flexibility index (Phi) is 6.32. The molecule has 1 aliphatic rings. The molecule has 1 amide bonds. The molecule has 162 valence electrons. The average molecular weight is 443 g/mol. The molecular weight excluding hydrogens is 423 g/mol. The molecule has 0 bridgehead atoms. The number of hydrogen-bond donors (Lipinski definition) is 1. The zero-order valence-corrected chi connectivity index (χ0v) is 16.8. The Morgan fingerprint density at radius 1 is 1.13 bits per heavy atom. The van der Waals surface area contributed by atoms with E-state index in [1.807, 2.05) is 0 Å². The van der Waals surface area contributed by atoms with Crippen molar-refractivity contribution in [2.24, 2.45) is 0 Å². The minimum atomic E-state index is -4.47. The molecule has 2 heterocycles. The minimum Gasteiger partial charge on any atom is -0.439 e. The summed E-state index contributed by atoms with van der Waals surface area (Å²) in [6.07, 6.45) is -1.62. The predicted octanol–water partition coefficient (Wildman–Crippen LogP) is 3.05.